The molecule has 0 aliphatic rings. The van der Waals surface area contributed by atoms with Gasteiger partial charge in [0.25, 0.3) is 0 Å². The number of carbonyl (C=O) groups is 1. The van der Waals surface area contributed by atoms with Gasteiger partial charge in [0.2, 0.25) is 0 Å². The van der Waals surface area contributed by atoms with Crippen LogP contribution in [0.25, 0.3) is 0 Å². The zero-order chi connectivity index (χ0) is 9.56. The van der Waals surface area contributed by atoms with E-state index < -0.39 is 20.6 Å². The van der Waals surface area contributed by atoms with Crippen LogP contribution < -0.4 is 5.73 Å². The van der Waals surface area contributed by atoms with E-state index in [4.69, 9.17) is 20.6 Å². The van der Waals surface area contributed by atoms with E-state index in [0.29, 0.717) is 6.42 Å². The number of hydrogen-bond acceptors (Lipinski definition) is 5. The van der Waals surface area contributed by atoms with Crippen molar-refractivity contribution in [2.75, 3.05) is 6.61 Å². The molecule has 0 aliphatic heterocycles. The van der Waals surface area contributed by atoms with E-state index in [9.17, 15) is 4.79 Å². The molecule has 0 spiro atoms. The Morgan fingerprint density at radius 2 is 2.17 bits per heavy atom. The van der Waals surface area contributed by atoms with Crippen molar-refractivity contribution < 1.29 is 24.2 Å². The van der Waals surface area contributed by atoms with E-state index in [1.54, 1.807) is 0 Å². The second-order valence-electron chi connectivity index (χ2n) is 2.17. The van der Waals surface area contributed by atoms with Gasteiger partial charge >= 0.3 is 14.6 Å². The lowest BCUT2D eigenvalue weighted by molar-refractivity contribution is -0.138. The van der Waals surface area contributed by atoms with Gasteiger partial charge in [-0.2, -0.15) is 0 Å². The number of hydrogen-bond donors (Lipinski definition) is 4. The van der Waals surface area contributed by atoms with Gasteiger partial charge in [0.15, 0.2) is 0 Å². The van der Waals surface area contributed by atoms with Crippen LogP contribution in [0.3, 0.4) is 0 Å². The molecule has 0 saturated heterocycles. The molecular formula is C5H12NO5P. The van der Waals surface area contributed by atoms with Gasteiger partial charge in [-0.3, -0.25) is 4.79 Å². The minimum atomic E-state index is -2.33. The highest BCUT2D eigenvalue weighted by Crippen LogP contribution is 2.24. The summed E-state index contributed by atoms with van der Waals surface area (Å²) in [5.41, 5.74) is 5.16. The van der Waals surface area contributed by atoms with Gasteiger partial charge in [-0.1, -0.05) is 0 Å². The summed E-state index contributed by atoms with van der Waals surface area (Å²) < 4.78 is 4.40. The average Bonchev–Trinajstić information content (AvgIpc) is 1.97. The summed E-state index contributed by atoms with van der Waals surface area (Å²) in [6, 6.07) is -0.905. The van der Waals surface area contributed by atoms with Gasteiger partial charge in [-0.15, -0.1) is 0 Å². The standard InChI is InChI=1S/C5H12NO5P/c6-4(5(7)8)2-1-3-11-12(9)10/h4,9-10H,1-3,6H2,(H,7,8)/t4-/m0/s1. The highest BCUT2D eigenvalue weighted by atomic mass is 31.2. The second-order valence-corrected chi connectivity index (χ2v) is 2.94. The highest BCUT2D eigenvalue weighted by molar-refractivity contribution is 7.39. The summed E-state index contributed by atoms with van der Waals surface area (Å²) in [7, 11) is -2.33. The molecule has 0 radical (unpaired) electrons. The van der Waals surface area contributed by atoms with Crippen LogP contribution in [0.1, 0.15) is 12.8 Å². The summed E-state index contributed by atoms with van der Waals surface area (Å²) in [5.74, 6) is -1.06. The first-order chi connectivity index (χ1) is 5.54. The van der Waals surface area contributed by atoms with Crippen LogP contribution in [0.15, 0.2) is 0 Å². The Morgan fingerprint density at radius 1 is 1.58 bits per heavy atom. The molecule has 7 heteroatoms. The number of carboxylic acids is 1. The molecule has 0 aliphatic carbocycles. The SMILES string of the molecule is N[C@@H](CCCOP(O)O)C(=O)O. The molecule has 0 amide bonds. The van der Waals surface area contributed by atoms with Crippen molar-refractivity contribution in [3.05, 3.63) is 0 Å². The molecule has 72 valence electrons. The van der Waals surface area contributed by atoms with Crippen LogP contribution in [0, 0.1) is 0 Å². The van der Waals surface area contributed by atoms with Gasteiger partial charge < -0.3 is 25.2 Å². The van der Waals surface area contributed by atoms with Gasteiger partial charge in [-0.25, -0.2) is 0 Å². The van der Waals surface area contributed by atoms with Crippen molar-refractivity contribution in [1.82, 2.24) is 0 Å². The predicted molar refractivity (Wildman–Crippen MR) is 42.2 cm³/mol. The largest absolute Gasteiger partial charge is 0.480 e. The number of nitrogens with two attached hydrogens (primary N) is 1. The highest BCUT2D eigenvalue weighted by Gasteiger charge is 2.10. The van der Waals surface area contributed by atoms with Crippen molar-refractivity contribution in [3.8, 4) is 0 Å². The minimum absolute atomic E-state index is 0.111. The zero-order valence-corrected chi connectivity index (χ0v) is 7.28. The molecule has 0 unspecified atom stereocenters. The smallest absolute Gasteiger partial charge is 0.327 e. The van der Waals surface area contributed by atoms with E-state index >= 15 is 0 Å². The lowest BCUT2D eigenvalue weighted by Gasteiger charge is -2.06. The van der Waals surface area contributed by atoms with Gasteiger partial charge in [0.1, 0.15) is 6.04 Å². The fraction of sp³-hybridized carbons (Fsp3) is 0.800. The van der Waals surface area contributed by atoms with Crippen molar-refractivity contribution in [3.63, 3.8) is 0 Å². The van der Waals surface area contributed by atoms with Crippen LogP contribution in [-0.4, -0.2) is 33.5 Å². The van der Waals surface area contributed by atoms with Gasteiger partial charge in [-0.05, 0) is 12.8 Å². The fourth-order valence-corrected chi connectivity index (χ4v) is 0.865. The van der Waals surface area contributed by atoms with Crippen molar-refractivity contribution in [1.29, 1.82) is 0 Å². The molecule has 0 aromatic heterocycles. The third-order valence-electron chi connectivity index (χ3n) is 1.18. The maximum absolute atomic E-state index is 10.2. The maximum Gasteiger partial charge on any atom is 0.327 e. The Hall–Kier alpha value is -0.260. The third kappa shape index (κ3) is 6.45. The van der Waals surface area contributed by atoms with Gasteiger partial charge in [0, 0.05) is 0 Å². The van der Waals surface area contributed by atoms with Crippen LogP contribution in [0.5, 0.6) is 0 Å². The van der Waals surface area contributed by atoms with Crippen molar-refractivity contribution in [2.24, 2.45) is 5.73 Å². The number of rotatable bonds is 6. The van der Waals surface area contributed by atoms with Crippen molar-refractivity contribution >= 4 is 14.6 Å². The molecule has 0 fully saturated rings. The maximum atomic E-state index is 10.2. The van der Waals surface area contributed by atoms with E-state index in [-0.39, 0.29) is 13.0 Å². The summed E-state index contributed by atoms with van der Waals surface area (Å²) in [6.45, 7) is 0.111. The van der Waals surface area contributed by atoms with Gasteiger partial charge in [0.05, 0.1) is 6.61 Å². The van der Waals surface area contributed by atoms with E-state index in [1.165, 1.54) is 0 Å². The molecule has 0 aromatic rings. The summed E-state index contributed by atoms with van der Waals surface area (Å²) in [5, 5.41) is 8.33. The van der Waals surface area contributed by atoms with E-state index in [2.05, 4.69) is 4.52 Å². The Balaban J connectivity index is 3.25. The zero-order valence-electron chi connectivity index (χ0n) is 6.38. The molecule has 0 bridgehead atoms. The normalized spacial score (nSPS) is 13.3. The minimum Gasteiger partial charge on any atom is -0.480 e. The first kappa shape index (κ1) is 11.7. The first-order valence-corrected chi connectivity index (χ1v) is 4.49. The van der Waals surface area contributed by atoms with Crippen molar-refractivity contribution in [2.45, 2.75) is 18.9 Å². The molecule has 6 nitrogen and oxygen atoms in total. The Morgan fingerprint density at radius 3 is 2.58 bits per heavy atom. The second kappa shape index (κ2) is 6.28. The Labute approximate surface area is 71.0 Å². The molecule has 12 heavy (non-hydrogen) atoms. The predicted octanol–water partition coefficient (Wildman–Crippen LogP) is -0.593. The monoisotopic (exact) mass is 197 g/mol. The Kier molecular flexibility index (Phi) is 6.14. The van der Waals surface area contributed by atoms with Crippen LogP contribution in [0.2, 0.25) is 0 Å². The molecule has 0 aromatic carbocycles. The fourth-order valence-electron chi connectivity index (χ4n) is 0.573. The molecule has 5 N–H and O–H groups in total. The molecule has 0 saturated carbocycles. The molecule has 0 heterocycles. The lowest BCUT2D eigenvalue weighted by Crippen LogP contribution is -2.30. The first-order valence-electron chi connectivity index (χ1n) is 3.33. The van der Waals surface area contributed by atoms with E-state index in [1.807, 2.05) is 0 Å². The number of carboxylic acid groups (broad SMARTS) is 1. The molecule has 1 atom stereocenters. The van der Waals surface area contributed by atoms with E-state index in [0.717, 1.165) is 0 Å². The summed E-state index contributed by atoms with van der Waals surface area (Å²) >= 11 is 0. The number of aliphatic carboxylic acids is 1. The average molecular weight is 197 g/mol. The van der Waals surface area contributed by atoms with Crippen LogP contribution >= 0.6 is 8.60 Å². The third-order valence-corrected chi connectivity index (χ3v) is 1.60. The molecule has 0 rings (SSSR count). The molecular weight excluding hydrogens is 185 g/mol. The summed E-state index contributed by atoms with van der Waals surface area (Å²) in [6.07, 6.45) is 0.659. The van der Waals surface area contributed by atoms with Crippen LogP contribution in [0.4, 0.5) is 0 Å². The van der Waals surface area contributed by atoms with Crippen LogP contribution in [-0.2, 0) is 9.32 Å². The summed E-state index contributed by atoms with van der Waals surface area (Å²) in [4.78, 5) is 26.7. The quantitative estimate of drug-likeness (QED) is 0.334. The Bertz CT molecular complexity index is 142. The topological polar surface area (TPSA) is 113 Å². The lowest BCUT2D eigenvalue weighted by atomic mass is 10.2.